The zero-order valence-electron chi connectivity index (χ0n) is 17.3. The molecule has 0 unspecified atom stereocenters. The Labute approximate surface area is 184 Å². The zero-order valence-corrected chi connectivity index (χ0v) is 18.9. The standard InChI is InChI=1S/C21H23N3O5S2/c1-14(2)24(3)31(27,28)16-8-6-15(7-9-16)13-22-21(26)18-10-11-19(30-18)23-20(25)17-5-4-12-29-17/h4-12,14H,13H2,1-3H3,(H,22,26)(H,23,25). The molecular formula is C21H23N3O5S2. The fraction of sp³-hybridized carbons (Fsp3) is 0.238. The van der Waals surface area contributed by atoms with Gasteiger partial charge in [0.25, 0.3) is 11.8 Å². The molecule has 0 aliphatic rings. The van der Waals surface area contributed by atoms with Crippen LogP contribution in [0.1, 0.15) is 39.6 Å². The molecule has 0 fully saturated rings. The van der Waals surface area contributed by atoms with Gasteiger partial charge in [-0.3, -0.25) is 9.59 Å². The van der Waals surface area contributed by atoms with Crippen molar-refractivity contribution in [1.82, 2.24) is 9.62 Å². The Bertz CT molecular complexity index is 1150. The molecule has 0 spiro atoms. The van der Waals surface area contributed by atoms with Crippen LogP contribution in [0, 0.1) is 0 Å². The first-order valence-corrected chi connectivity index (χ1v) is 11.7. The lowest BCUT2D eigenvalue weighted by Crippen LogP contribution is -2.33. The molecule has 2 amide bonds. The minimum absolute atomic E-state index is 0.150. The third kappa shape index (κ3) is 5.40. The third-order valence-corrected chi connectivity index (χ3v) is 7.64. The number of sulfonamides is 1. The molecule has 0 aliphatic heterocycles. The highest BCUT2D eigenvalue weighted by molar-refractivity contribution is 7.89. The summed E-state index contributed by atoms with van der Waals surface area (Å²) in [6, 6.07) is 12.7. The van der Waals surface area contributed by atoms with Gasteiger partial charge in [0.1, 0.15) is 0 Å². The van der Waals surface area contributed by atoms with Crippen LogP contribution >= 0.6 is 11.3 Å². The summed E-state index contributed by atoms with van der Waals surface area (Å²) in [6.07, 6.45) is 1.41. The number of furan rings is 1. The average molecular weight is 462 g/mol. The second-order valence-corrected chi connectivity index (χ2v) is 10.1. The molecule has 8 nitrogen and oxygen atoms in total. The van der Waals surface area contributed by atoms with Gasteiger partial charge >= 0.3 is 0 Å². The van der Waals surface area contributed by atoms with Gasteiger partial charge in [-0.25, -0.2) is 8.42 Å². The van der Waals surface area contributed by atoms with E-state index in [2.05, 4.69) is 10.6 Å². The number of nitrogens with zero attached hydrogens (tertiary/aromatic N) is 1. The van der Waals surface area contributed by atoms with Gasteiger partial charge in [0.15, 0.2) is 5.76 Å². The molecule has 0 bridgehead atoms. The van der Waals surface area contributed by atoms with E-state index in [1.807, 2.05) is 0 Å². The summed E-state index contributed by atoms with van der Waals surface area (Å²) in [5, 5.41) is 5.99. The van der Waals surface area contributed by atoms with Gasteiger partial charge in [-0.1, -0.05) is 12.1 Å². The van der Waals surface area contributed by atoms with Gasteiger partial charge in [0.2, 0.25) is 10.0 Å². The highest BCUT2D eigenvalue weighted by Crippen LogP contribution is 2.23. The molecule has 31 heavy (non-hydrogen) atoms. The number of thiophene rings is 1. The summed E-state index contributed by atoms with van der Waals surface area (Å²) < 4.78 is 31.4. The molecule has 2 N–H and O–H groups in total. The quantitative estimate of drug-likeness (QED) is 0.533. The number of hydrogen-bond acceptors (Lipinski definition) is 6. The first-order chi connectivity index (χ1) is 14.7. The van der Waals surface area contributed by atoms with E-state index in [9.17, 15) is 18.0 Å². The summed E-state index contributed by atoms with van der Waals surface area (Å²) in [7, 11) is -2.00. The van der Waals surface area contributed by atoms with Crippen molar-refractivity contribution < 1.29 is 22.4 Å². The van der Waals surface area contributed by atoms with Crippen molar-refractivity contribution >= 4 is 38.2 Å². The Kier molecular flexibility index (Phi) is 6.94. The fourth-order valence-corrected chi connectivity index (χ4v) is 4.79. The summed E-state index contributed by atoms with van der Waals surface area (Å²) in [5.41, 5.74) is 0.766. The molecule has 2 aromatic heterocycles. The molecule has 0 aliphatic carbocycles. The Morgan fingerprint density at radius 3 is 2.39 bits per heavy atom. The molecule has 3 aromatic rings. The summed E-state index contributed by atoms with van der Waals surface area (Å²) in [4.78, 5) is 25.0. The van der Waals surface area contributed by atoms with Crippen LogP contribution in [-0.4, -0.2) is 37.6 Å². The molecule has 0 saturated carbocycles. The van der Waals surface area contributed by atoms with Crippen LogP contribution in [0.15, 0.2) is 64.1 Å². The molecule has 2 heterocycles. The monoisotopic (exact) mass is 461 g/mol. The maximum absolute atomic E-state index is 12.5. The van der Waals surface area contributed by atoms with E-state index in [1.165, 1.54) is 22.7 Å². The van der Waals surface area contributed by atoms with E-state index in [-0.39, 0.29) is 29.1 Å². The van der Waals surface area contributed by atoms with Gasteiger partial charge < -0.3 is 15.1 Å². The number of rotatable bonds is 8. The number of amides is 2. The van der Waals surface area contributed by atoms with Crippen molar-refractivity contribution in [2.24, 2.45) is 0 Å². The third-order valence-electron chi connectivity index (χ3n) is 4.59. The maximum atomic E-state index is 12.5. The van der Waals surface area contributed by atoms with Crippen molar-refractivity contribution in [3.8, 4) is 0 Å². The molecule has 3 rings (SSSR count). The maximum Gasteiger partial charge on any atom is 0.291 e. The lowest BCUT2D eigenvalue weighted by Gasteiger charge is -2.21. The summed E-state index contributed by atoms with van der Waals surface area (Å²) in [6.45, 7) is 3.85. The predicted molar refractivity (Wildman–Crippen MR) is 119 cm³/mol. The lowest BCUT2D eigenvalue weighted by molar-refractivity contribution is 0.0953. The van der Waals surface area contributed by atoms with E-state index in [0.717, 1.165) is 16.9 Å². The molecule has 0 radical (unpaired) electrons. The van der Waals surface area contributed by atoms with Crippen LogP contribution < -0.4 is 10.6 Å². The summed E-state index contributed by atoms with van der Waals surface area (Å²) in [5.74, 6) is -0.499. The second kappa shape index (κ2) is 9.46. The van der Waals surface area contributed by atoms with Crippen LogP contribution in [0.5, 0.6) is 0 Å². The van der Waals surface area contributed by atoms with Crippen molar-refractivity contribution in [3.05, 3.63) is 71.0 Å². The Morgan fingerprint density at radius 1 is 1.06 bits per heavy atom. The normalized spacial score (nSPS) is 11.6. The van der Waals surface area contributed by atoms with Gasteiger partial charge in [-0.2, -0.15) is 4.31 Å². The minimum Gasteiger partial charge on any atom is -0.459 e. The number of anilines is 1. The van der Waals surface area contributed by atoms with Gasteiger partial charge in [0, 0.05) is 19.6 Å². The minimum atomic E-state index is -3.55. The lowest BCUT2D eigenvalue weighted by atomic mass is 10.2. The first kappa shape index (κ1) is 22.7. The number of carbonyl (C=O) groups is 2. The number of nitrogens with one attached hydrogen (secondary N) is 2. The highest BCUT2D eigenvalue weighted by Gasteiger charge is 2.22. The molecule has 164 valence electrons. The fourth-order valence-electron chi connectivity index (χ4n) is 2.60. The van der Waals surface area contributed by atoms with Crippen LogP contribution in [0.3, 0.4) is 0 Å². The highest BCUT2D eigenvalue weighted by atomic mass is 32.2. The SMILES string of the molecule is CC(C)N(C)S(=O)(=O)c1ccc(CNC(=O)c2ccc(NC(=O)c3ccco3)s2)cc1. The van der Waals surface area contributed by atoms with E-state index in [4.69, 9.17) is 4.42 Å². The molecule has 0 atom stereocenters. The van der Waals surface area contributed by atoms with Crippen LogP contribution in [0.25, 0.3) is 0 Å². The largest absolute Gasteiger partial charge is 0.459 e. The van der Waals surface area contributed by atoms with Crippen molar-refractivity contribution in [3.63, 3.8) is 0 Å². The number of benzene rings is 1. The van der Waals surface area contributed by atoms with E-state index in [1.54, 1.807) is 57.3 Å². The van der Waals surface area contributed by atoms with Crippen LogP contribution in [0.2, 0.25) is 0 Å². The van der Waals surface area contributed by atoms with E-state index < -0.39 is 15.9 Å². The van der Waals surface area contributed by atoms with E-state index in [0.29, 0.717) is 9.88 Å². The van der Waals surface area contributed by atoms with Gasteiger partial charge in [-0.05, 0) is 55.8 Å². The molecular weight excluding hydrogens is 438 g/mol. The molecule has 10 heteroatoms. The zero-order chi connectivity index (χ0) is 22.6. The molecule has 1 aromatic carbocycles. The topological polar surface area (TPSA) is 109 Å². The Balaban J connectivity index is 1.57. The first-order valence-electron chi connectivity index (χ1n) is 9.48. The van der Waals surface area contributed by atoms with Crippen molar-refractivity contribution in [2.75, 3.05) is 12.4 Å². The van der Waals surface area contributed by atoms with Crippen LogP contribution in [-0.2, 0) is 16.6 Å². The van der Waals surface area contributed by atoms with Crippen molar-refractivity contribution in [2.45, 2.75) is 31.3 Å². The number of carbonyl (C=O) groups excluding carboxylic acids is 2. The predicted octanol–water partition coefficient (Wildman–Crippen LogP) is 3.55. The Morgan fingerprint density at radius 2 is 1.77 bits per heavy atom. The second-order valence-electron chi connectivity index (χ2n) is 7.04. The number of hydrogen-bond donors (Lipinski definition) is 2. The van der Waals surface area contributed by atoms with Crippen molar-refractivity contribution in [1.29, 1.82) is 0 Å². The summed E-state index contributed by atoms with van der Waals surface area (Å²) >= 11 is 1.14. The van der Waals surface area contributed by atoms with Gasteiger partial charge in [-0.15, -0.1) is 11.3 Å². The van der Waals surface area contributed by atoms with E-state index >= 15 is 0 Å². The van der Waals surface area contributed by atoms with Crippen LogP contribution in [0.4, 0.5) is 5.00 Å². The smallest absolute Gasteiger partial charge is 0.291 e. The molecule has 0 saturated heterocycles. The average Bonchev–Trinajstić information content (AvgIpc) is 3.44. The Hall–Kier alpha value is -2.95. The van der Waals surface area contributed by atoms with Gasteiger partial charge in [0.05, 0.1) is 21.0 Å².